The highest BCUT2D eigenvalue weighted by Gasteiger charge is 2.09. The smallest absolute Gasteiger partial charge is 0.255 e. The molecule has 0 unspecified atom stereocenters. The number of amides is 2. The number of benzene rings is 3. The van der Waals surface area contributed by atoms with Gasteiger partial charge in [0.15, 0.2) is 0 Å². The van der Waals surface area contributed by atoms with Gasteiger partial charge in [-0.1, -0.05) is 42.5 Å². The molecule has 0 aliphatic rings. The van der Waals surface area contributed by atoms with Gasteiger partial charge in [0.1, 0.15) is 0 Å². The summed E-state index contributed by atoms with van der Waals surface area (Å²) in [6.45, 7) is 2.54. The van der Waals surface area contributed by atoms with Gasteiger partial charge in [-0.25, -0.2) is 0 Å². The van der Waals surface area contributed by atoms with Crippen molar-refractivity contribution in [2.45, 2.75) is 13.3 Å². The molecule has 2 amide bonds. The summed E-state index contributed by atoms with van der Waals surface area (Å²) >= 11 is 0. The highest BCUT2D eigenvalue weighted by Crippen LogP contribution is 2.12. The van der Waals surface area contributed by atoms with Crippen molar-refractivity contribution in [1.82, 2.24) is 5.32 Å². The molecular formula is C23H22N2O2. The first kappa shape index (κ1) is 18.4. The summed E-state index contributed by atoms with van der Waals surface area (Å²) in [5.41, 5.74) is 4.06. The van der Waals surface area contributed by atoms with Gasteiger partial charge in [0.05, 0.1) is 0 Å². The molecule has 4 nitrogen and oxygen atoms in total. The Hall–Kier alpha value is -3.40. The molecular weight excluding hydrogens is 336 g/mol. The van der Waals surface area contributed by atoms with Gasteiger partial charge in [-0.05, 0) is 60.9 Å². The van der Waals surface area contributed by atoms with Crippen LogP contribution in [0.4, 0.5) is 5.69 Å². The van der Waals surface area contributed by atoms with Crippen molar-refractivity contribution >= 4 is 17.5 Å². The zero-order chi connectivity index (χ0) is 19.1. The number of carbonyl (C=O) groups excluding carboxylic acids is 2. The van der Waals surface area contributed by atoms with Crippen LogP contribution in [-0.4, -0.2) is 18.4 Å². The minimum atomic E-state index is -0.198. The third-order valence-corrected chi connectivity index (χ3v) is 4.23. The van der Waals surface area contributed by atoms with Gasteiger partial charge in [-0.2, -0.15) is 0 Å². The lowest BCUT2D eigenvalue weighted by Gasteiger charge is -2.08. The predicted molar refractivity (Wildman–Crippen MR) is 108 cm³/mol. The Morgan fingerprint density at radius 2 is 1.44 bits per heavy atom. The molecule has 0 aliphatic carbocycles. The van der Waals surface area contributed by atoms with Crippen LogP contribution in [0, 0.1) is 6.92 Å². The number of aryl methyl sites for hydroxylation is 1. The summed E-state index contributed by atoms with van der Waals surface area (Å²) in [6.07, 6.45) is 0.781. The monoisotopic (exact) mass is 358 g/mol. The second-order valence-electron chi connectivity index (χ2n) is 6.39. The van der Waals surface area contributed by atoms with Crippen LogP contribution in [0.3, 0.4) is 0 Å². The lowest BCUT2D eigenvalue weighted by atomic mass is 10.1. The quantitative estimate of drug-likeness (QED) is 0.693. The maximum Gasteiger partial charge on any atom is 0.255 e. The van der Waals surface area contributed by atoms with Crippen LogP contribution in [-0.2, 0) is 6.42 Å². The van der Waals surface area contributed by atoms with Gasteiger partial charge in [0.2, 0.25) is 0 Å². The van der Waals surface area contributed by atoms with Crippen molar-refractivity contribution in [2.75, 3.05) is 11.9 Å². The minimum Gasteiger partial charge on any atom is -0.352 e. The molecule has 0 saturated carbocycles. The maximum absolute atomic E-state index is 12.3. The average Bonchev–Trinajstić information content (AvgIpc) is 2.69. The van der Waals surface area contributed by atoms with Gasteiger partial charge in [-0.3, -0.25) is 9.59 Å². The maximum atomic E-state index is 12.3. The molecule has 0 fully saturated rings. The summed E-state index contributed by atoms with van der Waals surface area (Å²) in [5, 5.41) is 5.76. The Balaban J connectivity index is 1.54. The van der Waals surface area contributed by atoms with E-state index < -0.39 is 0 Å². The Bertz CT molecular complexity index is 919. The average molecular weight is 358 g/mol. The van der Waals surface area contributed by atoms with Crippen LogP contribution < -0.4 is 10.6 Å². The van der Waals surface area contributed by atoms with Crippen LogP contribution in [0.25, 0.3) is 0 Å². The van der Waals surface area contributed by atoms with E-state index in [1.165, 1.54) is 5.56 Å². The lowest BCUT2D eigenvalue weighted by molar-refractivity contribution is 0.0952. The molecule has 2 N–H and O–H groups in total. The summed E-state index contributed by atoms with van der Waals surface area (Å²) in [7, 11) is 0. The Morgan fingerprint density at radius 3 is 2.11 bits per heavy atom. The molecule has 0 saturated heterocycles. The summed E-state index contributed by atoms with van der Waals surface area (Å²) in [5.74, 6) is -0.340. The van der Waals surface area contributed by atoms with Crippen molar-refractivity contribution in [3.8, 4) is 0 Å². The molecule has 136 valence electrons. The van der Waals surface area contributed by atoms with Crippen molar-refractivity contribution in [1.29, 1.82) is 0 Å². The first-order valence-corrected chi connectivity index (χ1v) is 8.92. The first-order chi connectivity index (χ1) is 13.1. The van der Waals surface area contributed by atoms with Crippen LogP contribution >= 0.6 is 0 Å². The van der Waals surface area contributed by atoms with Crippen LogP contribution in [0.5, 0.6) is 0 Å². The third-order valence-electron chi connectivity index (χ3n) is 4.23. The minimum absolute atomic E-state index is 0.142. The van der Waals surface area contributed by atoms with Crippen LogP contribution in [0.15, 0.2) is 78.9 Å². The SMILES string of the molecule is Cc1cccc(NC(=O)c2ccc(C(=O)NCCc3ccccc3)cc2)c1. The second kappa shape index (κ2) is 8.81. The molecule has 0 aromatic heterocycles. The number of anilines is 1. The van der Waals surface area contributed by atoms with E-state index in [1.54, 1.807) is 24.3 Å². The van der Waals surface area contributed by atoms with Gasteiger partial charge >= 0.3 is 0 Å². The molecule has 0 radical (unpaired) electrons. The van der Waals surface area contributed by atoms with Gasteiger partial charge < -0.3 is 10.6 Å². The number of rotatable bonds is 6. The van der Waals surface area contributed by atoms with E-state index in [4.69, 9.17) is 0 Å². The zero-order valence-electron chi connectivity index (χ0n) is 15.2. The molecule has 0 bridgehead atoms. The molecule has 0 atom stereocenters. The lowest BCUT2D eigenvalue weighted by Crippen LogP contribution is -2.25. The van der Waals surface area contributed by atoms with Crippen molar-refractivity contribution in [3.63, 3.8) is 0 Å². The Kier molecular flexibility index (Phi) is 6.00. The molecule has 3 aromatic carbocycles. The number of carbonyl (C=O) groups is 2. The molecule has 3 aromatic rings. The summed E-state index contributed by atoms with van der Waals surface area (Å²) < 4.78 is 0. The van der Waals surface area contributed by atoms with E-state index in [0.29, 0.717) is 17.7 Å². The number of hydrogen-bond donors (Lipinski definition) is 2. The van der Waals surface area contributed by atoms with Crippen molar-refractivity contribution in [2.24, 2.45) is 0 Å². The standard InChI is InChI=1S/C23H22N2O2/c1-17-6-5-9-21(16-17)25-23(27)20-12-10-19(11-13-20)22(26)24-15-14-18-7-3-2-4-8-18/h2-13,16H,14-15H2,1H3,(H,24,26)(H,25,27). The van der Waals surface area contributed by atoms with E-state index in [-0.39, 0.29) is 11.8 Å². The Labute approximate surface area is 159 Å². The fourth-order valence-corrected chi connectivity index (χ4v) is 2.77. The zero-order valence-corrected chi connectivity index (χ0v) is 15.2. The molecule has 27 heavy (non-hydrogen) atoms. The van der Waals surface area contributed by atoms with Crippen LogP contribution in [0.2, 0.25) is 0 Å². The second-order valence-corrected chi connectivity index (χ2v) is 6.39. The van der Waals surface area contributed by atoms with E-state index in [9.17, 15) is 9.59 Å². The van der Waals surface area contributed by atoms with Gasteiger partial charge in [0, 0.05) is 23.4 Å². The van der Waals surface area contributed by atoms with E-state index in [2.05, 4.69) is 10.6 Å². The van der Waals surface area contributed by atoms with E-state index in [1.807, 2.05) is 61.5 Å². The first-order valence-electron chi connectivity index (χ1n) is 8.92. The van der Waals surface area contributed by atoms with Gasteiger partial charge in [-0.15, -0.1) is 0 Å². The Morgan fingerprint density at radius 1 is 0.778 bits per heavy atom. The largest absolute Gasteiger partial charge is 0.352 e. The van der Waals surface area contributed by atoms with Crippen LogP contribution in [0.1, 0.15) is 31.8 Å². The predicted octanol–water partition coefficient (Wildman–Crippen LogP) is 4.22. The summed E-state index contributed by atoms with van der Waals surface area (Å²) in [4.78, 5) is 24.6. The fourth-order valence-electron chi connectivity index (χ4n) is 2.77. The number of hydrogen-bond acceptors (Lipinski definition) is 2. The molecule has 0 spiro atoms. The molecule has 3 rings (SSSR count). The van der Waals surface area contributed by atoms with Crippen molar-refractivity contribution in [3.05, 3.63) is 101 Å². The topological polar surface area (TPSA) is 58.2 Å². The fraction of sp³-hybridized carbons (Fsp3) is 0.130. The number of nitrogens with one attached hydrogen (secondary N) is 2. The van der Waals surface area contributed by atoms with E-state index in [0.717, 1.165) is 17.7 Å². The molecule has 4 heteroatoms. The summed E-state index contributed by atoms with van der Waals surface area (Å²) in [6, 6.07) is 24.3. The van der Waals surface area contributed by atoms with Crippen molar-refractivity contribution < 1.29 is 9.59 Å². The molecule has 0 aliphatic heterocycles. The molecule has 0 heterocycles. The van der Waals surface area contributed by atoms with E-state index >= 15 is 0 Å². The third kappa shape index (κ3) is 5.28. The van der Waals surface area contributed by atoms with Gasteiger partial charge in [0.25, 0.3) is 11.8 Å². The highest BCUT2D eigenvalue weighted by molar-refractivity contribution is 6.05. The highest BCUT2D eigenvalue weighted by atomic mass is 16.2. The normalized spacial score (nSPS) is 10.3.